The quantitative estimate of drug-likeness (QED) is 0.845. The van der Waals surface area contributed by atoms with E-state index in [2.05, 4.69) is 25.2 Å². The van der Waals surface area contributed by atoms with E-state index in [1.54, 1.807) is 0 Å². The van der Waals surface area contributed by atoms with Gasteiger partial charge in [0.15, 0.2) is 9.84 Å². The highest BCUT2D eigenvalue weighted by Crippen LogP contribution is 2.30. The molecule has 1 N–H and O–H groups in total. The van der Waals surface area contributed by atoms with Crippen LogP contribution in [0.15, 0.2) is 35.9 Å². The van der Waals surface area contributed by atoms with Crippen LogP contribution in [0.4, 0.5) is 5.69 Å². The zero-order chi connectivity index (χ0) is 15.5. The molecule has 2 atom stereocenters. The van der Waals surface area contributed by atoms with E-state index in [1.165, 1.54) is 24.7 Å². The van der Waals surface area contributed by atoms with Crippen molar-refractivity contribution in [3.8, 4) is 0 Å². The first-order valence-electron chi connectivity index (χ1n) is 7.52. The maximum Gasteiger partial charge on any atom is 0.151 e. The molecule has 4 heteroatoms. The van der Waals surface area contributed by atoms with Crippen LogP contribution in [-0.4, -0.2) is 21.2 Å². The first kappa shape index (κ1) is 16.1. The zero-order valence-corrected chi connectivity index (χ0v) is 13.9. The Balaban J connectivity index is 2.02. The number of rotatable bonds is 5. The summed E-state index contributed by atoms with van der Waals surface area (Å²) < 4.78 is 22.8. The lowest BCUT2D eigenvalue weighted by molar-refractivity contribution is 0.381. The Morgan fingerprint density at radius 3 is 2.76 bits per heavy atom. The Kier molecular flexibility index (Phi) is 5.09. The summed E-state index contributed by atoms with van der Waals surface area (Å²) in [6, 6.07) is 7.71. The number of hydrogen-bond acceptors (Lipinski definition) is 3. The largest absolute Gasteiger partial charge is 0.384 e. The number of sulfone groups is 1. The van der Waals surface area contributed by atoms with Crippen molar-refractivity contribution in [2.24, 2.45) is 11.8 Å². The molecule has 1 aliphatic rings. The lowest BCUT2D eigenvalue weighted by Crippen LogP contribution is -2.24. The number of benzene rings is 1. The van der Waals surface area contributed by atoms with E-state index in [1.807, 2.05) is 24.3 Å². The van der Waals surface area contributed by atoms with Crippen LogP contribution in [0, 0.1) is 11.8 Å². The Hall–Kier alpha value is -1.29. The number of hydrogen-bond donors (Lipinski definition) is 1. The highest BCUT2D eigenvalue weighted by atomic mass is 32.2. The summed E-state index contributed by atoms with van der Waals surface area (Å²) >= 11 is 0. The summed E-state index contributed by atoms with van der Waals surface area (Å²) in [5.41, 5.74) is 3.31. The van der Waals surface area contributed by atoms with Gasteiger partial charge < -0.3 is 5.32 Å². The second kappa shape index (κ2) is 6.65. The fourth-order valence-electron chi connectivity index (χ4n) is 3.04. The molecule has 21 heavy (non-hydrogen) atoms. The molecule has 0 unspecified atom stereocenters. The molecule has 0 aliphatic heterocycles. The van der Waals surface area contributed by atoms with Gasteiger partial charge in [-0.15, -0.1) is 0 Å². The van der Waals surface area contributed by atoms with Crippen molar-refractivity contribution in [2.75, 3.05) is 18.1 Å². The molecule has 0 radical (unpaired) electrons. The third kappa shape index (κ3) is 4.88. The lowest BCUT2D eigenvalue weighted by Gasteiger charge is -2.29. The average molecular weight is 307 g/mol. The molecule has 0 bridgehead atoms. The predicted molar refractivity (Wildman–Crippen MR) is 89.1 cm³/mol. The fraction of sp³-hybridized carbons (Fsp3) is 0.529. The fourth-order valence-corrected chi connectivity index (χ4v) is 3.82. The first-order chi connectivity index (χ1) is 9.85. The van der Waals surface area contributed by atoms with Crippen molar-refractivity contribution in [2.45, 2.75) is 32.4 Å². The van der Waals surface area contributed by atoms with Crippen LogP contribution in [0.2, 0.25) is 0 Å². The van der Waals surface area contributed by atoms with Gasteiger partial charge >= 0.3 is 0 Å². The second-order valence-corrected chi connectivity index (χ2v) is 8.40. The van der Waals surface area contributed by atoms with E-state index in [0.717, 1.165) is 17.8 Å². The smallest absolute Gasteiger partial charge is 0.151 e. The van der Waals surface area contributed by atoms with Gasteiger partial charge in [0.1, 0.15) is 0 Å². The molecule has 0 saturated carbocycles. The van der Waals surface area contributed by atoms with E-state index in [0.29, 0.717) is 11.8 Å². The van der Waals surface area contributed by atoms with E-state index in [-0.39, 0.29) is 5.75 Å². The Morgan fingerprint density at radius 2 is 2.10 bits per heavy atom. The van der Waals surface area contributed by atoms with E-state index >= 15 is 0 Å². The van der Waals surface area contributed by atoms with Crippen LogP contribution < -0.4 is 5.32 Å². The Morgan fingerprint density at radius 1 is 1.33 bits per heavy atom. The molecular weight excluding hydrogens is 282 g/mol. The van der Waals surface area contributed by atoms with Gasteiger partial charge in [-0.1, -0.05) is 30.7 Å². The third-order valence-electron chi connectivity index (χ3n) is 4.24. The summed E-state index contributed by atoms with van der Waals surface area (Å²) in [4.78, 5) is 0. The topological polar surface area (TPSA) is 46.2 Å². The summed E-state index contributed by atoms with van der Waals surface area (Å²) in [7, 11) is -2.98. The van der Waals surface area contributed by atoms with Crippen molar-refractivity contribution < 1.29 is 8.42 Å². The lowest BCUT2D eigenvalue weighted by atomic mass is 9.80. The normalized spacial score (nSPS) is 22.7. The van der Waals surface area contributed by atoms with Crippen molar-refractivity contribution >= 4 is 15.5 Å². The molecular formula is C17H25NO2S. The van der Waals surface area contributed by atoms with Crippen LogP contribution in [0.3, 0.4) is 0 Å². The van der Waals surface area contributed by atoms with Crippen LogP contribution in [-0.2, 0) is 15.6 Å². The summed E-state index contributed by atoms with van der Waals surface area (Å²) in [5.74, 6) is 1.36. The van der Waals surface area contributed by atoms with E-state index < -0.39 is 9.84 Å². The summed E-state index contributed by atoms with van der Waals surface area (Å²) in [6.45, 7) is 5.43. The summed E-state index contributed by atoms with van der Waals surface area (Å²) in [6.07, 6.45) is 6.04. The van der Waals surface area contributed by atoms with Gasteiger partial charge in [0, 0.05) is 18.5 Å². The SMILES string of the molecule is CC1=CCC[C@H](C)[C@H]1CNc1cccc(CS(C)(=O)=O)c1. The minimum absolute atomic E-state index is 0.0985. The molecule has 0 saturated heterocycles. The standard InChI is InChI=1S/C17H25NO2S/c1-13-6-4-7-14(2)17(13)11-18-16-9-5-8-15(10-16)12-21(3,19)20/h5-6,8-10,14,17-18H,4,7,11-12H2,1-3H3/t14-,17-/m0/s1. The van der Waals surface area contributed by atoms with E-state index in [4.69, 9.17) is 0 Å². The van der Waals surface area contributed by atoms with Gasteiger partial charge in [-0.05, 0) is 49.3 Å². The highest BCUT2D eigenvalue weighted by molar-refractivity contribution is 7.89. The van der Waals surface area contributed by atoms with Crippen molar-refractivity contribution in [1.29, 1.82) is 0 Å². The first-order valence-corrected chi connectivity index (χ1v) is 9.58. The molecule has 116 valence electrons. The maximum atomic E-state index is 11.4. The van der Waals surface area contributed by atoms with Crippen LogP contribution in [0.25, 0.3) is 0 Å². The van der Waals surface area contributed by atoms with Gasteiger partial charge in [-0.2, -0.15) is 0 Å². The molecule has 2 rings (SSSR count). The van der Waals surface area contributed by atoms with Crippen LogP contribution in [0.5, 0.6) is 0 Å². The minimum Gasteiger partial charge on any atom is -0.384 e. The molecule has 1 aromatic rings. The van der Waals surface area contributed by atoms with Gasteiger partial charge in [-0.25, -0.2) is 8.42 Å². The Bertz CT molecular complexity index is 619. The molecule has 0 spiro atoms. The highest BCUT2D eigenvalue weighted by Gasteiger charge is 2.21. The zero-order valence-electron chi connectivity index (χ0n) is 13.1. The Labute approximate surface area is 128 Å². The molecule has 1 aliphatic carbocycles. The second-order valence-electron chi connectivity index (χ2n) is 6.26. The van der Waals surface area contributed by atoms with Crippen molar-refractivity contribution in [3.63, 3.8) is 0 Å². The van der Waals surface area contributed by atoms with Crippen LogP contribution >= 0.6 is 0 Å². The van der Waals surface area contributed by atoms with Crippen LogP contribution in [0.1, 0.15) is 32.3 Å². The van der Waals surface area contributed by atoms with Gasteiger partial charge in [0.25, 0.3) is 0 Å². The molecule has 0 heterocycles. The number of nitrogens with one attached hydrogen (secondary N) is 1. The monoisotopic (exact) mass is 307 g/mol. The van der Waals surface area contributed by atoms with E-state index in [9.17, 15) is 8.42 Å². The molecule has 1 aromatic carbocycles. The maximum absolute atomic E-state index is 11.4. The third-order valence-corrected chi connectivity index (χ3v) is 5.10. The number of anilines is 1. The number of allylic oxidation sites excluding steroid dienone is 1. The van der Waals surface area contributed by atoms with Crippen molar-refractivity contribution in [1.82, 2.24) is 0 Å². The molecule has 0 aromatic heterocycles. The molecule has 0 fully saturated rings. The van der Waals surface area contributed by atoms with Gasteiger partial charge in [-0.3, -0.25) is 0 Å². The average Bonchev–Trinajstić information content (AvgIpc) is 2.36. The van der Waals surface area contributed by atoms with Gasteiger partial charge in [0.2, 0.25) is 0 Å². The van der Waals surface area contributed by atoms with Gasteiger partial charge in [0.05, 0.1) is 5.75 Å². The predicted octanol–water partition coefficient (Wildman–Crippen LogP) is 3.64. The molecule has 3 nitrogen and oxygen atoms in total. The minimum atomic E-state index is -2.98. The molecule has 0 amide bonds. The summed E-state index contributed by atoms with van der Waals surface area (Å²) in [5, 5.41) is 3.47. The van der Waals surface area contributed by atoms with Crippen molar-refractivity contribution in [3.05, 3.63) is 41.5 Å².